The summed E-state index contributed by atoms with van der Waals surface area (Å²) in [5, 5.41) is 2.56. The first-order chi connectivity index (χ1) is 10.1. The van der Waals surface area contributed by atoms with Crippen molar-refractivity contribution in [3.05, 3.63) is 35.6 Å². The van der Waals surface area contributed by atoms with Gasteiger partial charge in [-0.3, -0.25) is 9.59 Å². The van der Waals surface area contributed by atoms with E-state index in [2.05, 4.69) is 5.32 Å². The Morgan fingerprint density at radius 1 is 1.14 bits per heavy atom. The van der Waals surface area contributed by atoms with Crippen LogP contribution in [0.5, 0.6) is 0 Å². The molecule has 0 aliphatic carbocycles. The molecule has 116 valence electrons. The molecule has 0 atom stereocenters. The van der Waals surface area contributed by atoms with Crippen LogP contribution in [0.25, 0.3) is 0 Å². The lowest BCUT2D eigenvalue weighted by Gasteiger charge is -2.21. The van der Waals surface area contributed by atoms with Gasteiger partial charge in [0, 0.05) is 13.1 Å². The first kappa shape index (κ1) is 17.1. The minimum atomic E-state index is -0.405. The third-order valence-electron chi connectivity index (χ3n) is 3.09. The lowest BCUT2D eigenvalue weighted by atomic mass is 10.1. The van der Waals surface area contributed by atoms with Crippen LogP contribution in [0.1, 0.15) is 32.3 Å². The zero-order chi connectivity index (χ0) is 15.7. The van der Waals surface area contributed by atoms with E-state index in [0.29, 0.717) is 18.7 Å². The average Bonchev–Trinajstić information content (AvgIpc) is 2.47. The molecule has 0 bridgehead atoms. The predicted molar refractivity (Wildman–Crippen MR) is 80.3 cm³/mol. The number of nitrogens with zero attached hydrogens (tertiary/aromatic N) is 1. The normalized spacial score (nSPS) is 10.2. The van der Waals surface area contributed by atoms with Crippen molar-refractivity contribution in [2.75, 3.05) is 19.6 Å². The number of hydrogen-bond acceptors (Lipinski definition) is 2. The Balaban J connectivity index is 2.45. The van der Waals surface area contributed by atoms with Crippen LogP contribution in [-0.4, -0.2) is 36.3 Å². The van der Waals surface area contributed by atoms with Gasteiger partial charge in [-0.05, 0) is 24.5 Å². The predicted octanol–water partition coefficient (Wildman–Crippen LogP) is 2.13. The molecule has 2 amide bonds. The number of benzene rings is 1. The number of hydrogen-bond donors (Lipinski definition) is 1. The second-order valence-corrected chi connectivity index (χ2v) is 4.93. The van der Waals surface area contributed by atoms with E-state index in [4.69, 9.17) is 0 Å². The van der Waals surface area contributed by atoms with Crippen molar-refractivity contribution >= 4 is 11.8 Å². The molecular weight excluding hydrogens is 271 g/mol. The Hall–Kier alpha value is -1.91. The standard InChI is InChI=1S/C16H23FN2O2/c1-3-9-19(10-4-2)16(21)12-18-15(20)11-13-7-5-6-8-14(13)17/h5-8H,3-4,9-12H2,1-2H3,(H,18,20). The van der Waals surface area contributed by atoms with Gasteiger partial charge in [0.2, 0.25) is 11.8 Å². The molecule has 0 radical (unpaired) electrons. The summed E-state index contributed by atoms with van der Waals surface area (Å²) < 4.78 is 13.4. The molecular formula is C16H23FN2O2. The third-order valence-corrected chi connectivity index (χ3v) is 3.09. The highest BCUT2D eigenvalue weighted by molar-refractivity contribution is 5.85. The molecule has 4 nitrogen and oxygen atoms in total. The van der Waals surface area contributed by atoms with Crippen molar-refractivity contribution in [2.24, 2.45) is 0 Å². The number of amides is 2. The highest BCUT2D eigenvalue weighted by Crippen LogP contribution is 2.06. The van der Waals surface area contributed by atoms with E-state index in [9.17, 15) is 14.0 Å². The van der Waals surface area contributed by atoms with Crippen molar-refractivity contribution < 1.29 is 14.0 Å². The molecule has 0 aliphatic heterocycles. The van der Waals surface area contributed by atoms with Crippen LogP contribution < -0.4 is 5.32 Å². The van der Waals surface area contributed by atoms with Crippen LogP contribution in [0.2, 0.25) is 0 Å². The maximum absolute atomic E-state index is 13.4. The van der Waals surface area contributed by atoms with Gasteiger partial charge in [0.1, 0.15) is 5.82 Å². The fourth-order valence-electron chi connectivity index (χ4n) is 2.06. The van der Waals surface area contributed by atoms with E-state index >= 15 is 0 Å². The van der Waals surface area contributed by atoms with Gasteiger partial charge in [0.05, 0.1) is 13.0 Å². The van der Waals surface area contributed by atoms with Crippen LogP contribution in [0.15, 0.2) is 24.3 Å². The van der Waals surface area contributed by atoms with Crippen molar-refractivity contribution in [1.29, 1.82) is 0 Å². The summed E-state index contributed by atoms with van der Waals surface area (Å²) in [6.45, 7) is 5.36. The molecule has 21 heavy (non-hydrogen) atoms. The minimum absolute atomic E-state index is 0.0344. The molecule has 0 saturated heterocycles. The summed E-state index contributed by atoms with van der Waals surface area (Å²) in [4.78, 5) is 25.5. The lowest BCUT2D eigenvalue weighted by molar-refractivity contribution is -0.132. The lowest BCUT2D eigenvalue weighted by Crippen LogP contribution is -2.41. The summed E-state index contributed by atoms with van der Waals surface area (Å²) in [6.07, 6.45) is 1.71. The van der Waals surface area contributed by atoms with Gasteiger partial charge in [-0.25, -0.2) is 4.39 Å². The summed E-state index contributed by atoms with van der Waals surface area (Å²) in [5.41, 5.74) is 0.335. The summed E-state index contributed by atoms with van der Waals surface area (Å²) >= 11 is 0. The van der Waals surface area contributed by atoms with Crippen LogP contribution in [-0.2, 0) is 16.0 Å². The van der Waals surface area contributed by atoms with Crippen molar-refractivity contribution in [1.82, 2.24) is 10.2 Å². The fourth-order valence-corrected chi connectivity index (χ4v) is 2.06. The van der Waals surface area contributed by atoms with Gasteiger partial charge in [0.15, 0.2) is 0 Å². The van der Waals surface area contributed by atoms with Crippen molar-refractivity contribution in [3.63, 3.8) is 0 Å². The molecule has 0 fully saturated rings. The molecule has 0 saturated carbocycles. The molecule has 0 unspecified atom stereocenters. The fraction of sp³-hybridized carbons (Fsp3) is 0.500. The van der Waals surface area contributed by atoms with E-state index in [1.165, 1.54) is 6.07 Å². The molecule has 1 rings (SSSR count). The molecule has 1 N–H and O–H groups in total. The minimum Gasteiger partial charge on any atom is -0.347 e. The maximum atomic E-state index is 13.4. The highest BCUT2D eigenvalue weighted by atomic mass is 19.1. The van der Waals surface area contributed by atoms with Gasteiger partial charge >= 0.3 is 0 Å². The Morgan fingerprint density at radius 2 is 1.76 bits per heavy atom. The Bertz CT molecular complexity index is 471. The molecule has 1 aromatic rings. The largest absolute Gasteiger partial charge is 0.347 e. The smallest absolute Gasteiger partial charge is 0.241 e. The van der Waals surface area contributed by atoms with E-state index in [1.54, 1.807) is 23.1 Å². The number of carbonyl (C=O) groups is 2. The number of halogens is 1. The van der Waals surface area contributed by atoms with Crippen LogP contribution in [0, 0.1) is 5.82 Å². The zero-order valence-corrected chi connectivity index (χ0v) is 12.7. The SMILES string of the molecule is CCCN(CCC)C(=O)CNC(=O)Cc1ccccc1F. The van der Waals surface area contributed by atoms with Crippen LogP contribution >= 0.6 is 0 Å². The quantitative estimate of drug-likeness (QED) is 0.798. The van der Waals surface area contributed by atoms with E-state index in [1.807, 2.05) is 13.8 Å². The van der Waals surface area contributed by atoms with Crippen molar-refractivity contribution in [3.8, 4) is 0 Å². The number of rotatable bonds is 8. The molecule has 5 heteroatoms. The first-order valence-electron chi connectivity index (χ1n) is 7.36. The van der Waals surface area contributed by atoms with E-state index in [-0.39, 0.29) is 24.8 Å². The zero-order valence-electron chi connectivity index (χ0n) is 12.7. The van der Waals surface area contributed by atoms with Crippen molar-refractivity contribution in [2.45, 2.75) is 33.1 Å². The molecule has 0 aromatic heterocycles. The topological polar surface area (TPSA) is 49.4 Å². The summed E-state index contributed by atoms with van der Waals surface area (Å²) in [5.74, 6) is -0.848. The molecule has 1 aromatic carbocycles. The maximum Gasteiger partial charge on any atom is 0.241 e. The van der Waals surface area contributed by atoms with Crippen LogP contribution in [0.3, 0.4) is 0 Å². The second-order valence-electron chi connectivity index (χ2n) is 4.93. The van der Waals surface area contributed by atoms with Gasteiger partial charge in [-0.15, -0.1) is 0 Å². The molecule has 0 heterocycles. The Labute approximate surface area is 125 Å². The highest BCUT2D eigenvalue weighted by Gasteiger charge is 2.13. The van der Waals surface area contributed by atoms with E-state index < -0.39 is 5.82 Å². The Morgan fingerprint density at radius 3 is 2.33 bits per heavy atom. The molecule has 0 spiro atoms. The Kier molecular flexibility index (Phi) is 7.43. The van der Waals surface area contributed by atoms with E-state index in [0.717, 1.165) is 12.8 Å². The second kappa shape index (κ2) is 9.10. The average molecular weight is 294 g/mol. The third kappa shape index (κ3) is 5.94. The summed E-state index contributed by atoms with van der Waals surface area (Å²) in [7, 11) is 0. The van der Waals surface area contributed by atoms with Crippen LogP contribution in [0.4, 0.5) is 4.39 Å². The van der Waals surface area contributed by atoms with Gasteiger partial charge in [-0.2, -0.15) is 0 Å². The van der Waals surface area contributed by atoms with Gasteiger partial charge in [0.25, 0.3) is 0 Å². The summed E-state index contributed by atoms with van der Waals surface area (Å²) in [6, 6.07) is 6.14. The molecule has 0 aliphatic rings. The van der Waals surface area contributed by atoms with Gasteiger partial charge < -0.3 is 10.2 Å². The monoisotopic (exact) mass is 294 g/mol. The first-order valence-corrected chi connectivity index (χ1v) is 7.36. The number of carbonyl (C=O) groups excluding carboxylic acids is 2. The number of nitrogens with one attached hydrogen (secondary N) is 1. The van der Waals surface area contributed by atoms with Gasteiger partial charge in [-0.1, -0.05) is 32.0 Å².